The van der Waals surface area contributed by atoms with Crippen LogP contribution in [0.5, 0.6) is 0 Å². The van der Waals surface area contributed by atoms with E-state index in [9.17, 15) is 9.59 Å². The maximum absolute atomic E-state index is 12.3. The van der Waals surface area contributed by atoms with Crippen molar-refractivity contribution < 1.29 is 9.59 Å². The number of hydrazone groups is 1. The van der Waals surface area contributed by atoms with Crippen LogP contribution in [0.3, 0.4) is 0 Å². The summed E-state index contributed by atoms with van der Waals surface area (Å²) in [7, 11) is 0. The number of hydrogen-bond acceptors (Lipinski definition) is 4. The molecule has 152 valence electrons. The first kappa shape index (κ1) is 20.5. The second-order valence-corrected chi connectivity index (χ2v) is 7.59. The molecule has 3 rings (SSSR count). The number of carbonyl (C=O) groups is 2. The Morgan fingerprint density at radius 3 is 2.71 bits per heavy atom. The molecule has 0 aliphatic carbocycles. The molecule has 1 saturated heterocycles. The first-order chi connectivity index (χ1) is 13.6. The number of nitrogens with zero attached hydrogens (tertiary/aromatic N) is 3. The summed E-state index contributed by atoms with van der Waals surface area (Å²) in [5.74, 6) is -0.0138. The lowest BCUT2D eigenvalue weighted by atomic mass is 10.0. The third kappa shape index (κ3) is 5.19. The Labute approximate surface area is 168 Å². The monoisotopic (exact) mass is 384 g/mol. The summed E-state index contributed by atoms with van der Waals surface area (Å²) in [5, 5.41) is 9.04. The van der Waals surface area contributed by atoms with E-state index in [1.54, 1.807) is 0 Å². The van der Waals surface area contributed by atoms with Crippen molar-refractivity contribution in [1.29, 1.82) is 0 Å². The zero-order chi connectivity index (χ0) is 19.9. The van der Waals surface area contributed by atoms with Crippen molar-refractivity contribution in [1.82, 2.24) is 15.2 Å². The Morgan fingerprint density at radius 2 is 2.00 bits per heavy atom. The van der Waals surface area contributed by atoms with Gasteiger partial charge in [0.1, 0.15) is 0 Å². The molecule has 6 heteroatoms. The molecule has 1 aromatic carbocycles. The lowest BCUT2D eigenvalue weighted by Gasteiger charge is -2.24. The average Bonchev–Trinajstić information content (AvgIpc) is 3.19. The van der Waals surface area contributed by atoms with Crippen LogP contribution in [0, 0.1) is 0 Å². The first-order valence-electron chi connectivity index (χ1n) is 10.6. The van der Waals surface area contributed by atoms with Gasteiger partial charge < -0.3 is 5.32 Å². The molecule has 1 aromatic rings. The van der Waals surface area contributed by atoms with E-state index in [0.717, 1.165) is 37.2 Å². The summed E-state index contributed by atoms with van der Waals surface area (Å²) < 4.78 is 0. The standard InChI is InChI=1S/C22H32N4O2/c1-3-17-7-9-18(10-8-17)20-11-12-22(28)26(24-20)15-13-21(27)23-16-19-6-5-14-25(19)4-2/h7-10,19H,3-6,11-16H2,1-2H3,(H,23,27)/t19-/m1/s1. The highest BCUT2D eigenvalue weighted by Gasteiger charge is 2.24. The summed E-state index contributed by atoms with van der Waals surface area (Å²) in [5.41, 5.74) is 3.26. The van der Waals surface area contributed by atoms with Gasteiger partial charge in [-0.2, -0.15) is 5.10 Å². The average molecular weight is 385 g/mol. The van der Waals surface area contributed by atoms with Gasteiger partial charge in [0.05, 0.1) is 12.3 Å². The van der Waals surface area contributed by atoms with Crippen LogP contribution in [-0.4, -0.2) is 59.7 Å². The van der Waals surface area contributed by atoms with Crippen molar-refractivity contribution in [2.75, 3.05) is 26.2 Å². The highest BCUT2D eigenvalue weighted by Crippen LogP contribution is 2.17. The Balaban J connectivity index is 1.51. The number of nitrogens with one attached hydrogen (secondary N) is 1. The molecule has 28 heavy (non-hydrogen) atoms. The SMILES string of the molecule is CCc1ccc(C2=NN(CCC(=O)NC[C@H]3CCCN3CC)C(=O)CC2)cc1. The molecule has 2 aliphatic heterocycles. The number of rotatable bonds is 8. The normalized spacial score (nSPS) is 20.4. The van der Waals surface area contributed by atoms with Gasteiger partial charge in [-0.05, 0) is 43.5 Å². The van der Waals surface area contributed by atoms with E-state index in [1.807, 2.05) is 0 Å². The van der Waals surface area contributed by atoms with Crippen LogP contribution in [-0.2, 0) is 16.0 Å². The lowest BCUT2D eigenvalue weighted by Crippen LogP contribution is -2.41. The number of benzene rings is 1. The lowest BCUT2D eigenvalue weighted by molar-refractivity contribution is -0.132. The smallest absolute Gasteiger partial charge is 0.243 e. The third-order valence-electron chi connectivity index (χ3n) is 5.79. The summed E-state index contributed by atoms with van der Waals surface area (Å²) >= 11 is 0. The molecule has 2 aliphatic rings. The van der Waals surface area contributed by atoms with Crippen molar-refractivity contribution in [3.63, 3.8) is 0 Å². The predicted octanol–water partition coefficient (Wildman–Crippen LogP) is 2.57. The molecular formula is C22H32N4O2. The number of carbonyl (C=O) groups excluding carboxylic acids is 2. The Bertz CT molecular complexity index is 714. The fourth-order valence-corrected chi connectivity index (χ4v) is 3.99. The van der Waals surface area contributed by atoms with Gasteiger partial charge in [-0.3, -0.25) is 14.5 Å². The molecule has 1 atom stereocenters. The molecule has 0 spiro atoms. The van der Waals surface area contributed by atoms with Crippen LogP contribution in [0.2, 0.25) is 0 Å². The van der Waals surface area contributed by atoms with Crippen LogP contribution in [0.4, 0.5) is 0 Å². The van der Waals surface area contributed by atoms with Crippen LogP contribution >= 0.6 is 0 Å². The van der Waals surface area contributed by atoms with E-state index in [-0.39, 0.29) is 18.2 Å². The highest BCUT2D eigenvalue weighted by molar-refractivity contribution is 6.04. The van der Waals surface area contributed by atoms with Crippen LogP contribution < -0.4 is 5.32 Å². The number of hydrogen-bond donors (Lipinski definition) is 1. The van der Waals surface area contributed by atoms with Gasteiger partial charge in [-0.15, -0.1) is 0 Å². The maximum atomic E-state index is 12.3. The maximum Gasteiger partial charge on any atom is 0.243 e. The molecule has 0 saturated carbocycles. The van der Waals surface area contributed by atoms with Gasteiger partial charge >= 0.3 is 0 Å². The molecule has 0 bridgehead atoms. The van der Waals surface area contributed by atoms with E-state index in [1.165, 1.54) is 17.0 Å². The molecule has 0 radical (unpaired) electrons. The van der Waals surface area contributed by atoms with Crippen molar-refractivity contribution in [3.8, 4) is 0 Å². The minimum Gasteiger partial charge on any atom is -0.354 e. The van der Waals surface area contributed by atoms with Gasteiger partial charge in [-0.1, -0.05) is 38.1 Å². The quantitative estimate of drug-likeness (QED) is 0.749. The number of amides is 2. The summed E-state index contributed by atoms with van der Waals surface area (Å²) in [6.45, 7) is 7.47. The van der Waals surface area contributed by atoms with Crippen molar-refractivity contribution in [3.05, 3.63) is 35.4 Å². The van der Waals surface area contributed by atoms with Crippen molar-refractivity contribution in [2.45, 2.75) is 58.4 Å². The minimum atomic E-state index is -0.00891. The fourth-order valence-electron chi connectivity index (χ4n) is 3.99. The van der Waals surface area contributed by atoms with E-state index in [0.29, 0.717) is 32.0 Å². The molecule has 1 N–H and O–H groups in total. The van der Waals surface area contributed by atoms with Crippen molar-refractivity contribution >= 4 is 17.5 Å². The second kappa shape index (κ2) is 9.82. The minimum absolute atomic E-state index is 0.00493. The Kier molecular flexibility index (Phi) is 7.20. The number of aryl methyl sites for hydroxylation is 1. The predicted molar refractivity (Wildman–Crippen MR) is 111 cm³/mol. The van der Waals surface area contributed by atoms with E-state index in [4.69, 9.17) is 0 Å². The zero-order valence-electron chi connectivity index (χ0n) is 17.1. The molecule has 0 aromatic heterocycles. The van der Waals surface area contributed by atoms with E-state index < -0.39 is 0 Å². The molecule has 1 fully saturated rings. The van der Waals surface area contributed by atoms with E-state index in [2.05, 4.69) is 53.4 Å². The van der Waals surface area contributed by atoms with E-state index >= 15 is 0 Å². The second-order valence-electron chi connectivity index (χ2n) is 7.59. The van der Waals surface area contributed by atoms with Crippen molar-refractivity contribution in [2.24, 2.45) is 5.10 Å². The van der Waals surface area contributed by atoms with Gasteiger partial charge in [0.25, 0.3) is 0 Å². The number of likely N-dealkylation sites (tertiary alicyclic amines) is 1. The van der Waals surface area contributed by atoms with Crippen LogP contribution in [0.1, 0.15) is 57.1 Å². The Morgan fingerprint density at radius 1 is 1.21 bits per heavy atom. The molecule has 6 nitrogen and oxygen atoms in total. The Hall–Kier alpha value is -2.21. The fraction of sp³-hybridized carbons (Fsp3) is 0.591. The van der Waals surface area contributed by atoms with Gasteiger partial charge in [0, 0.05) is 31.8 Å². The zero-order valence-corrected chi connectivity index (χ0v) is 17.1. The molecule has 2 amide bonds. The van der Waals surface area contributed by atoms with Crippen LogP contribution in [0.25, 0.3) is 0 Å². The first-order valence-corrected chi connectivity index (χ1v) is 10.6. The largest absolute Gasteiger partial charge is 0.354 e. The topological polar surface area (TPSA) is 65.0 Å². The summed E-state index contributed by atoms with van der Waals surface area (Å²) in [6, 6.07) is 8.80. The molecule has 0 unspecified atom stereocenters. The summed E-state index contributed by atoms with van der Waals surface area (Å²) in [4.78, 5) is 26.9. The van der Waals surface area contributed by atoms with Gasteiger partial charge in [-0.25, -0.2) is 5.01 Å². The van der Waals surface area contributed by atoms with Gasteiger partial charge in [0.15, 0.2) is 0 Å². The molecular weight excluding hydrogens is 352 g/mol. The highest BCUT2D eigenvalue weighted by atomic mass is 16.2. The number of likely N-dealkylation sites (N-methyl/N-ethyl adjacent to an activating group) is 1. The third-order valence-corrected chi connectivity index (χ3v) is 5.79. The van der Waals surface area contributed by atoms with Crippen LogP contribution in [0.15, 0.2) is 29.4 Å². The molecule has 2 heterocycles. The summed E-state index contributed by atoms with van der Waals surface area (Å²) in [6.07, 6.45) is 4.74. The van der Waals surface area contributed by atoms with Gasteiger partial charge in [0.2, 0.25) is 11.8 Å².